The Balaban J connectivity index is 1.25. The van der Waals surface area contributed by atoms with Gasteiger partial charge in [-0.15, -0.1) is 0 Å². The lowest BCUT2D eigenvalue weighted by Gasteiger charge is -2.35. The number of carbonyl (C=O) groups is 2. The molecule has 0 spiro atoms. The first-order valence-electron chi connectivity index (χ1n) is 11.1. The van der Waals surface area contributed by atoms with Crippen molar-refractivity contribution in [3.63, 3.8) is 0 Å². The van der Waals surface area contributed by atoms with Crippen LogP contribution in [0.2, 0.25) is 0 Å². The first kappa shape index (κ1) is 22.9. The van der Waals surface area contributed by atoms with Gasteiger partial charge in [0, 0.05) is 71.7 Å². The Labute approximate surface area is 193 Å². The van der Waals surface area contributed by atoms with Crippen molar-refractivity contribution >= 4 is 11.8 Å². The molecule has 2 aliphatic rings. The van der Waals surface area contributed by atoms with Gasteiger partial charge >= 0.3 is 0 Å². The summed E-state index contributed by atoms with van der Waals surface area (Å²) in [4.78, 5) is 39.4. The molecule has 0 saturated carbocycles. The van der Waals surface area contributed by atoms with Gasteiger partial charge in [0.2, 0.25) is 12.7 Å². The number of methoxy groups -OCH3 is 1. The lowest BCUT2D eigenvalue weighted by molar-refractivity contribution is -0.133. The van der Waals surface area contributed by atoms with Crippen LogP contribution in [0.1, 0.15) is 22.5 Å². The molecule has 0 aliphatic carbocycles. The number of benzene rings is 1. The predicted octanol–water partition coefficient (Wildman–Crippen LogP) is 1.03. The van der Waals surface area contributed by atoms with E-state index >= 15 is 0 Å². The summed E-state index contributed by atoms with van der Waals surface area (Å²) in [5.41, 5.74) is 1.42. The largest absolute Gasteiger partial charge is 0.454 e. The summed E-state index contributed by atoms with van der Waals surface area (Å²) in [6, 6.07) is 6.01. The van der Waals surface area contributed by atoms with Crippen molar-refractivity contribution in [1.82, 2.24) is 24.7 Å². The summed E-state index contributed by atoms with van der Waals surface area (Å²) in [6.45, 7) is 5.09. The van der Waals surface area contributed by atoms with Gasteiger partial charge in [-0.05, 0) is 17.7 Å². The molecule has 0 N–H and O–H groups in total. The molecule has 2 aromatic rings. The summed E-state index contributed by atoms with van der Waals surface area (Å²) >= 11 is 0. The number of fused-ring (bicyclic) bond motifs is 1. The van der Waals surface area contributed by atoms with Gasteiger partial charge in [0.15, 0.2) is 11.5 Å². The summed E-state index contributed by atoms with van der Waals surface area (Å²) in [5.74, 6) is 1.37. The van der Waals surface area contributed by atoms with E-state index in [9.17, 15) is 9.59 Å². The number of hydrogen-bond acceptors (Lipinski definition) is 8. The normalized spacial score (nSPS) is 15.5. The zero-order valence-corrected chi connectivity index (χ0v) is 18.8. The average molecular weight is 456 g/mol. The Hall–Kier alpha value is -3.24. The molecule has 2 amide bonds. The highest BCUT2D eigenvalue weighted by atomic mass is 16.7. The Morgan fingerprint density at radius 1 is 1.09 bits per heavy atom. The molecule has 10 heteroatoms. The molecule has 10 nitrogen and oxygen atoms in total. The summed E-state index contributed by atoms with van der Waals surface area (Å²) in [5, 5.41) is 0. The van der Waals surface area contributed by atoms with Crippen molar-refractivity contribution in [1.29, 1.82) is 0 Å². The number of nitrogens with zero attached hydrogens (tertiary/aromatic N) is 5. The fourth-order valence-corrected chi connectivity index (χ4v) is 3.93. The zero-order chi connectivity index (χ0) is 23.0. The molecule has 0 bridgehead atoms. The third-order valence-electron chi connectivity index (χ3n) is 5.80. The molecule has 1 saturated heterocycles. The minimum Gasteiger partial charge on any atom is -0.454 e. The lowest BCUT2D eigenvalue weighted by Crippen LogP contribution is -2.49. The molecular formula is C23H29N5O5. The maximum absolute atomic E-state index is 12.8. The summed E-state index contributed by atoms with van der Waals surface area (Å²) < 4.78 is 15.9. The standard InChI is InChI=1S/C23H29N5O5/c1-31-13-12-28(23(30)19-15-24-5-6-25-19)7-4-22(29)27-10-8-26(9-11-27)16-18-2-3-20-21(14-18)33-17-32-20/h2-3,5-6,14-15H,4,7-13,16-17H2,1H3. The molecule has 33 heavy (non-hydrogen) atoms. The maximum atomic E-state index is 12.8. The van der Waals surface area contributed by atoms with Crippen molar-refractivity contribution in [3.05, 3.63) is 48.0 Å². The number of rotatable bonds is 9. The van der Waals surface area contributed by atoms with E-state index < -0.39 is 0 Å². The molecule has 0 radical (unpaired) electrons. The molecule has 1 fully saturated rings. The zero-order valence-electron chi connectivity index (χ0n) is 18.8. The Kier molecular flexibility index (Phi) is 7.69. The Morgan fingerprint density at radius 3 is 2.67 bits per heavy atom. The third-order valence-corrected chi connectivity index (χ3v) is 5.80. The predicted molar refractivity (Wildman–Crippen MR) is 119 cm³/mol. The van der Waals surface area contributed by atoms with Gasteiger partial charge in [-0.1, -0.05) is 6.07 Å². The fraction of sp³-hybridized carbons (Fsp3) is 0.478. The van der Waals surface area contributed by atoms with E-state index in [0.29, 0.717) is 32.8 Å². The Morgan fingerprint density at radius 2 is 1.91 bits per heavy atom. The minimum absolute atomic E-state index is 0.0482. The molecule has 1 aromatic carbocycles. The van der Waals surface area contributed by atoms with Crippen LogP contribution < -0.4 is 9.47 Å². The highest BCUT2D eigenvalue weighted by Gasteiger charge is 2.24. The van der Waals surface area contributed by atoms with Gasteiger partial charge < -0.3 is 24.0 Å². The number of hydrogen-bond donors (Lipinski definition) is 0. The van der Waals surface area contributed by atoms with E-state index in [1.165, 1.54) is 18.6 Å². The van der Waals surface area contributed by atoms with Crippen LogP contribution in [0, 0.1) is 0 Å². The van der Waals surface area contributed by atoms with E-state index in [-0.39, 0.29) is 30.7 Å². The SMILES string of the molecule is COCCN(CCC(=O)N1CCN(Cc2ccc3c(c2)OCO3)CC1)C(=O)c1cnccn1. The molecule has 1 aromatic heterocycles. The van der Waals surface area contributed by atoms with E-state index in [0.717, 1.165) is 36.7 Å². The van der Waals surface area contributed by atoms with E-state index in [2.05, 4.69) is 14.9 Å². The topological polar surface area (TPSA) is 97.3 Å². The highest BCUT2D eigenvalue weighted by Crippen LogP contribution is 2.32. The number of ether oxygens (including phenoxy) is 3. The van der Waals surface area contributed by atoms with Gasteiger partial charge in [0.05, 0.1) is 12.8 Å². The minimum atomic E-state index is -0.249. The smallest absolute Gasteiger partial charge is 0.274 e. The number of aromatic nitrogens is 2. The summed E-state index contributed by atoms with van der Waals surface area (Å²) in [6.07, 6.45) is 4.70. The third kappa shape index (κ3) is 5.96. The van der Waals surface area contributed by atoms with Crippen molar-refractivity contribution in [3.8, 4) is 11.5 Å². The van der Waals surface area contributed by atoms with Gasteiger partial charge in [0.25, 0.3) is 5.91 Å². The van der Waals surface area contributed by atoms with Crippen LogP contribution >= 0.6 is 0 Å². The molecular weight excluding hydrogens is 426 g/mol. The second-order valence-electron chi connectivity index (χ2n) is 7.97. The van der Waals surface area contributed by atoms with Crippen LogP contribution in [-0.2, 0) is 16.1 Å². The van der Waals surface area contributed by atoms with Crippen LogP contribution in [0.5, 0.6) is 11.5 Å². The van der Waals surface area contributed by atoms with E-state index in [1.807, 2.05) is 23.1 Å². The van der Waals surface area contributed by atoms with Crippen LogP contribution in [-0.4, -0.2) is 96.3 Å². The molecule has 0 unspecified atom stereocenters. The number of carbonyl (C=O) groups excluding carboxylic acids is 2. The summed E-state index contributed by atoms with van der Waals surface area (Å²) in [7, 11) is 1.58. The lowest BCUT2D eigenvalue weighted by atomic mass is 10.1. The highest BCUT2D eigenvalue weighted by molar-refractivity contribution is 5.92. The van der Waals surface area contributed by atoms with Crippen LogP contribution in [0.25, 0.3) is 0 Å². The van der Waals surface area contributed by atoms with Crippen LogP contribution in [0.4, 0.5) is 0 Å². The quantitative estimate of drug-likeness (QED) is 0.553. The fourth-order valence-electron chi connectivity index (χ4n) is 3.93. The average Bonchev–Trinajstić information content (AvgIpc) is 3.32. The van der Waals surface area contributed by atoms with Crippen molar-refractivity contribution < 1.29 is 23.8 Å². The van der Waals surface area contributed by atoms with Crippen LogP contribution in [0.15, 0.2) is 36.8 Å². The first-order valence-corrected chi connectivity index (χ1v) is 11.1. The first-order chi connectivity index (χ1) is 16.1. The second kappa shape index (κ2) is 11.1. The molecule has 0 atom stereocenters. The second-order valence-corrected chi connectivity index (χ2v) is 7.97. The molecule has 4 rings (SSSR count). The van der Waals surface area contributed by atoms with Gasteiger partial charge in [0.1, 0.15) is 5.69 Å². The van der Waals surface area contributed by atoms with Crippen LogP contribution in [0.3, 0.4) is 0 Å². The van der Waals surface area contributed by atoms with E-state index in [4.69, 9.17) is 14.2 Å². The van der Waals surface area contributed by atoms with Gasteiger partial charge in [-0.2, -0.15) is 0 Å². The monoisotopic (exact) mass is 455 g/mol. The Bertz CT molecular complexity index is 950. The van der Waals surface area contributed by atoms with Crippen molar-refractivity contribution in [2.24, 2.45) is 0 Å². The molecule has 176 valence electrons. The number of piperazine rings is 1. The van der Waals surface area contributed by atoms with E-state index in [1.54, 1.807) is 12.0 Å². The maximum Gasteiger partial charge on any atom is 0.274 e. The van der Waals surface area contributed by atoms with Crippen molar-refractivity contribution in [2.45, 2.75) is 13.0 Å². The molecule has 2 aliphatic heterocycles. The number of amides is 2. The van der Waals surface area contributed by atoms with Crippen molar-refractivity contribution in [2.75, 3.05) is 59.8 Å². The van der Waals surface area contributed by atoms with Gasteiger partial charge in [-0.25, -0.2) is 4.98 Å². The molecule has 3 heterocycles. The van der Waals surface area contributed by atoms with Gasteiger partial charge in [-0.3, -0.25) is 19.5 Å².